The van der Waals surface area contributed by atoms with Crippen LogP contribution in [0.15, 0.2) is 17.2 Å². The average Bonchev–Trinajstić information content (AvgIpc) is 2.37. The Kier molecular flexibility index (Phi) is 4.36. The predicted octanol–water partition coefficient (Wildman–Crippen LogP) is -1.37. The van der Waals surface area contributed by atoms with Gasteiger partial charge in [0.1, 0.15) is 5.69 Å². The summed E-state index contributed by atoms with van der Waals surface area (Å²) in [6, 6.07) is 0. The van der Waals surface area contributed by atoms with Crippen molar-refractivity contribution >= 4 is 5.91 Å². The van der Waals surface area contributed by atoms with Crippen molar-refractivity contribution in [3.8, 4) is 0 Å². The molecule has 17 heavy (non-hydrogen) atoms. The van der Waals surface area contributed by atoms with Crippen LogP contribution in [0, 0.1) is 0 Å². The SMILES string of the molecule is CCC(CO)(CO)NC(=O)c1c[nH]c(=O)cn1. The molecule has 7 heteroatoms. The first-order chi connectivity index (χ1) is 8.06. The van der Waals surface area contributed by atoms with Crippen molar-refractivity contribution in [2.75, 3.05) is 13.2 Å². The summed E-state index contributed by atoms with van der Waals surface area (Å²) >= 11 is 0. The van der Waals surface area contributed by atoms with E-state index in [1.54, 1.807) is 6.92 Å². The van der Waals surface area contributed by atoms with Gasteiger partial charge in [-0.15, -0.1) is 0 Å². The minimum atomic E-state index is -1.07. The minimum absolute atomic E-state index is 0.0179. The second-order valence-electron chi connectivity index (χ2n) is 3.70. The summed E-state index contributed by atoms with van der Waals surface area (Å²) in [5.74, 6) is -0.564. The fourth-order valence-electron chi connectivity index (χ4n) is 1.21. The second-order valence-corrected chi connectivity index (χ2v) is 3.70. The van der Waals surface area contributed by atoms with Gasteiger partial charge in [0.05, 0.1) is 24.9 Å². The molecule has 0 spiro atoms. The van der Waals surface area contributed by atoms with E-state index < -0.39 is 17.0 Å². The second kappa shape index (κ2) is 5.55. The Hall–Kier alpha value is -1.73. The Morgan fingerprint density at radius 3 is 2.59 bits per heavy atom. The van der Waals surface area contributed by atoms with Crippen molar-refractivity contribution in [2.24, 2.45) is 0 Å². The highest BCUT2D eigenvalue weighted by molar-refractivity contribution is 5.92. The van der Waals surface area contributed by atoms with E-state index >= 15 is 0 Å². The summed E-state index contributed by atoms with van der Waals surface area (Å²) in [6.07, 6.45) is 2.53. The van der Waals surface area contributed by atoms with Gasteiger partial charge >= 0.3 is 0 Å². The number of hydrogen-bond donors (Lipinski definition) is 4. The van der Waals surface area contributed by atoms with E-state index in [1.807, 2.05) is 0 Å². The molecule has 0 atom stereocenters. The number of aliphatic hydroxyl groups is 2. The van der Waals surface area contributed by atoms with E-state index in [9.17, 15) is 9.59 Å². The van der Waals surface area contributed by atoms with Gasteiger partial charge in [-0.3, -0.25) is 9.59 Å². The maximum absolute atomic E-state index is 11.7. The standard InChI is InChI=1S/C10H15N3O4/c1-2-10(5-14,6-15)13-9(17)7-3-12-8(16)4-11-7/h3-4,14-15H,2,5-6H2,1H3,(H,12,16)(H,13,17). The molecule has 7 nitrogen and oxygen atoms in total. The molecule has 1 aromatic heterocycles. The Bertz CT molecular complexity index is 411. The van der Waals surface area contributed by atoms with Crippen LogP contribution in [0.3, 0.4) is 0 Å². The monoisotopic (exact) mass is 241 g/mol. The third-order valence-electron chi connectivity index (χ3n) is 2.57. The van der Waals surface area contributed by atoms with Gasteiger partial charge in [0, 0.05) is 6.20 Å². The number of aliphatic hydroxyl groups excluding tert-OH is 2. The van der Waals surface area contributed by atoms with Gasteiger partial charge in [0.2, 0.25) is 0 Å². The summed E-state index contributed by atoms with van der Waals surface area (Å²) < 4.78 is 0. The fourth-order valence-corrected chi connectivity index (χ4v) is 1.21. The number of aromatic amines is 1. The van der Waals surface area contributed by atoms with Crippen molar-refractivity contribution in [1.82, 2.24) is 15.3 Å². The van der Waals surface area contributed by atoms with E-state index in [0.717, 1.165) is 6.20 Å². The molecule has 0 saturated heterocycles. The van der Waals surface area contributed by atoms with Gasteiger partial charge in [0.25, 0.3) is 11.5 Å². The van der Waals surface area contributed by atoms with Gasteiger partial charge in [0.15, 0.2) is 0 Å². The number of carbonyl (C=O) groups is 1. The molecule has 0 aliphatic carbocycles. The molecule has 0 saturated carbocycles. The molecule has 0 fully saturated rings. The first-order valence-electron chi connectivity index (χ1n) is 5.16. The highest BCUT2D eigenvalue weighted by atomic mass is 16.3. The van der Waals surface area contributed by atoms with Gasteiger partial charge in [-0.2, -0.15) is 0 Å². The van der Waals surface area contributed by atoms with Crippen molar-refractivity contribution < 1.29 is 15.0 Å². The molecule has 4 N–H and O–H groups in total. The number of aromatic nitrogens is 2. The zero-order valence-corrected chi connectivity index (χ0v) is 9.43. The number of carbonyl (C=O) groups excluding carboxylic acids is 1. The van der Waals surface area contributed by atoms with E-state index in [2.05, 4.69) is 15.3 Å². The van der Waals surface area contributed by atoms with E-state index in [4.69, 9.17) is 10.2 Å². The van der Waals surface area contributed by atoms with Gasteiger partial charge in [-0.1, -0.05) is 6.92 Å². The summed E-state index contributed by atoms with van der Waals surface area (Å²) in [4.78, 5) is 28.5. The van der Waals surface area contributed by atoms with Gasteiger partial charge in [-0.05, 0) is 6.42 Å². The first kappa shape index (κ1) is 13.3. The van der Waals surface area contributed by atoms with Crippen LogP contribution < -0.4 is 10.9 Å². The van der Waals surface area contributed by atoms with Crippen molar-refractivity contribution in [3.63, 3.8) is 0 Å². The molecule has 1 amide bonds. The molecule has 0 unspecified atom stereocenters. The Morgan fingerprint density at radius 2 is 2.18 bits per heavy atom. The normalized spacial score (nSPS) is 11.2. The summed E-state index contributed by atoms with van der Waals surface area (Å²) in [5, 5.41) is 20.8. The minimum Gasteiger partial charge on any atom is -0.394 e. The summed E-state index contributed by atoms with van der Waals surface area (Å²) in [7, 11) is 0. The lowest BCUT2D eigenvalue weighted by Crippen LogP contribution is -2.54. The molecule has 1 aromatic rings. The smallest absolute Gasteiger partial charge is 0.271 e. The largest absolute Gasteiger partial charge is 0.394 e. The lowest BCUT2D eigenvalue weighted by atomic mass is 9.98. The number of nitrogens with zero attached hydrogens (tertiary/aromatic N) is 1. The Morgan fingerprint density at radius 1 is 1.53 bits per heavy atom. The summed E-state index contributed by atoms with van der Waals surface area (Å²) in [5.41, 5.74) is -1.47. The third-order valence-corrected chi connectivity index (χ3v) is 2.57. The van der Waals surface area contributed by atoms with E-state index in [-0.39, 0.29) is 18.9 Å². The van der Waals surface area contributed by atoms with Crippen LogP contribution in [0.4, 0.5) is 0 Å². The molecule has 0 radical (unpaired) electrons. The predicted molar refractivity (Wildman–Crippen MR) is 59.5 cm³/mol. The molecule has 0 aliphatic heterocycles. The maximum Gasteiger partial charge on any atom is 0.271 e. The van der Waals surface area contributed by atoms with Crippen LogP contribution in [0.25, 0.3) is 0 Å². The lowest BCUT2D eigenvalue weighted by molar-refractivity contribution is 0.0648. The molecule has 0 bridgehead atoms. The van der Waals surface area contributed by atoms with Crippen molar-refractivity contribution in [3.05, 3.63) is 28.4 Å². The molecular weight excluding hydrogens is 226 g/mol. The molecule has 1 rings (SSSR count). The van der Waals surface area contributed by atoms with Gasteiger partial charge in [-0.25, -0.2) is 4.98 Å². The average molecular weight is 241 g/mol. The van der Waals surface area contributed by atoms with E-state index in [1.165, 1.54) is 6.20 Å². The Balaban J connectivity index is 2.84. The van der Waals surface area contributed by atoms with Crippen LogP contribution in [-0.4, -0.2) is 44.8 Å². The molecular formula is C10H15N3O4. The van der Waals surface area contributed by atoms with Crippen LogP contribution in [0.2, 0.25) is 0 Å². The highest BCUT2D eigenvalue weighted by Crippen LogP contribution is 2.09. The molecule has 0 aromatic carbocycles. The summed E-state index contributed by atoms with van der Waals surface area (Å²) in [6.45, 7) is 0.969. The molecule has 1 heterocycles. The lowest BCUT2D eigenvalue weighted by Gasteiger charge is -2.29. The van der Waals surface area contributed by atoms with Crippen LogP contribution in [-0.2, 0) is 0 Å². The van der Waals surface area contributed by atoms with Crippen molar-refractivity contribution in [2.45, 2.75) is 18.9 Å². The van der Waals surface area contributed by atoms with Gasteiger partial charge < -0.3 is 20.5 Å². The van der Waals surface area contributed by atoms with Crippen LogP contribution in [0.5, 0.6) is 0 Å². The number of rotatable bonds is 5. The first-order valence-corrected chi connectivity index (χ1v) is 5.16. The quantitative estimate of drug-likeness (QED) is 0.508. The number of nitrogens with one attached hydrogen (secondary N) is 2. The Labute approximate surface area is 97.5 Å². The fraction of sp³-hybridized carbons (Fsp3) is 0.500. The third kappa shape index (κ3) is 3.11. The van der Waals surface area contributed by atoms with Crippen LogP contribution in [0.1, 0.15) is 23.8 Å². The topological polar surface area (TPSA) is 115 Å². The number of hydrogen-bond acceptors (Lipinski definition) is 5. The van der Waals surface area contributed by atoms with E-state index in [0.29, 0.717) is 6.42 Å². The zero-order valence-electron chi connectivity index (χ0n) is 9.43. The molecule has 0 aliphatic rings. The number of H-pyrrole nitrogens is 1. The number of amides is 1. The maximum atomic E-state index is 11.7. The van der Waals surface area contributed by atoms with Crippen molar-refractivity contribution in [1.29, 1.82) is 0 Å². The molecule has 94 valence electrons. The van der Waals surface area contributed by atoms with Crippen LogP contribution >= 0.6 is 0 Å². The highest BCUT2D eigenvalue weighted by Gasteiger charge is 2.29. The zero-order chi connectivity index (χ0) is 12.9.